The highest BCUT2D eigenvalue weighted by Gasteiger charge is 2.00. The highest BCUT2D eigenvalue weighted by Crippen LogP contribution is 1.82. The van der Waals surface area contributed by atoms with Gasteiger partial charge in [-0.15, -0.1) is 0 Å². The van der Waals surface area contributed by atoms with Crippen LogP contribution in [0.1, 0.15) is 0 Å². The molecule has 0 aromatic rings. The zero-order chi connectivity index (χ0) is 8.53. The molecule has 0 bridgehead atoms. The molecule has 11 heavy (non-hydrogen) atoms. The van der Waals surface area contributed by atoms with Crippen molar-refractivity contribution in [2.24, 2.45) is 11.5 Å². The summed E-state index contributed by atoms with van der Waals surface area (Å²) in [7, 11) is 0. The summed E-state index contributed by atoms with van der Waals surface area (Å²) in [4.78, 5) is 2.10. The highest BCUT2D eigenvalue weighted by molar-refractivity contribution is 4.58. The SMILES string of the molecule is NCCN(CCN)CCNO. The van der Waals surface area contributed by atoms with Crippen LogP contribution in [0.3, 0.4) is 0 Å². The third kappa shape index (κ3) is 6.21. The van der Waals surface area contributed by atoms with Crippen LogP contribution in [0.2, 0.25) is 0 Å². The summed E-state index contributed by atoms with van der Waals surface area (Å²) in [5.74, 6) is 0. The van der Waals surface area contributed by atoms with Crippen LogP contribution >= 0.6 is 0 Å². The van der Waals surface area contributed by atoms with E-state index < -0.39 is 0 Å². The Balaban J connectivity index is 3.34. The molecule has 0 aliphatic heterocycles. The van der Waals surface area contributed by atoms with Crippen molar-refractivity contribution in [3.63, 3.8) is 0 Å². The highest BCUT2D eigenvalue weighted by atomic mass is 16.5. The average Bonchev–Trinajstić information content (AvgIpc) is 2.01. The molecule has 0 fully saturated rings. The Labute approximate surface area is 67.3 Å². The van der Waals surface area contributed by atoms with Gasteiger partial charge in [-0.3, -0.25) is 4.90 Å². The van der Waals surface area contributed by atoms with Gasteiger partial charge in [-0.25, -0.2) is 5.48 Å². The molecule has 0 amide bonds. The van der Waals surface area contributed by atoms with Crippen LogP contribution in [0.5, 0.6) is 0 Å². The molecular formula is C6H18N4O. The predicted molar refractivity (Wildman–Crippen MR) is 44.3 cm³/mol. The van der Waals surface area contributed by atoms with Crippen LogP contribution in [0.15, 0.2) is 0 Å². The molecule has 0 atom stereocenters. The first-order chi connectivity index (χ1) is 5.35. The Morgan fingerprint density at radius 2 is 1.64 bits per heavy atom. The van der Waals surface area contributed by atoms with Crippen LogP contribution in [0.25, 0.3) is 0 Å². The number of hydrogen-bond donors (Lipinski definition) is 4. The molecule has 0 saturated carbocycles. The third-order valence-electron chi connectivity index (χ3n) is 1.43. The molecule has 0 spiro atoms. The molecule has 0 aromatic heterocycles. The summed E-state index contributed by atoms with van der Waals surface area (Å²) in [6, 6.07) is 0. The first-order valence-electron chi connectivity index (χ1n) is 3.84. The van der Waals surface area contributed by atoms with Gasteiger partial charge >= 0.3 is 0 Å². The van der Waals surface area contributed by atoms with Gasteiger partial charge in [0.2, 0.25) is 0 Å². The molecule has 68 valence electrons. The van der Waals surface area contributed by atoms with Crippen LogP contribution < -0.4 is 16.9 Å². The number of hydroxylamine groups is 1. The fraction of sp³-hybridized carbons (Fsp3) is 1.00. The minimum atomic E-state index is 0.556. The average molecular weight is 162 g/mol. The number of nitrogens with two attached hydrogens (primary N) is 2. The van der Waals surface area contributed by atoms with E-state index in [0.29, 0.717) is 19.6 Å². The summed E-state index contributed by atoms with van der Waals surface area (Å²) in [5.41, 5.74) is 12.8. The van der Waals surface area contributed by atoms with Crippen LogP contribution in [0.4, 0.5) is 0 Å². The second kappa shape index (κ2) is 7.90. The molecule has 0 heterocycles. The van der Waals surface area contributed by atoms with Crippen molar-refractivity contribution in [2.45, 2.75) is 0 Å². The first-order valence-corrected chi connectivity index (χ1v) is 3.84. The maximum Gasteiger partial charge on any atom is 0.0335 e. The van der Waals surface area contributed by atoms with Gasteiger partial charge < -0.3 is 16.7 Å². The Morgan fingerprint density at radius 3 is 2.00 bits per heavy atom. The van der Waals surface area contributed by atoms with Gasteiger partial charge in [0.05, 0.1) is 0 Å². The Morgan fingerprint density at radius 1 is 1.09 bits per heavy atom. The van der Waals surface area contributed by atoms with Crippen molar-refractivity contribution in [2.75, 3.05) is 39.3 Å². The molecule has 5 heteroatoms. The first kappa shape index (κ1) is 10.8. The standard InChI is InChI=1S/C6H18N4O/c7-1-4-10(5-2-8)6-3-9-11/h9,11H,1-8H2. The van der Waals surface area contributed by atoms with E-state index in [4.69, 9.17) is 16.7 Å². The van der Waals surface area contributed by atoms with Crippen LogP contribution in [-0.2, 0) is 0 Å². The predicted octanol–water partition coefficient (Wildman–Crippen LogP) is -1.82. The van der Waals surface area contributed by atoms with E-state index in [0.717, 1.165) is 19.6 Å². The van der Waals surface area contributed by atoms with Crippen molar-refractivity contribution < 1.29 is 5.21 Å². The summed E-state index contributed by atoms with van der Waals surface area (Å²) in [5, 5.41) is 8.31. The quantitative estimate of drug-likeness (QED) is 0.331. The summed E-state index contributed by atoms with van der Waals surface area (Å²) in [6.07, 6.45) is 0. The molecule has 0 unspecified atom stereocenters. The monoisotopic (exact) mass is 162 g/mol. The molecule has 0 rings (SSSR count). The number of nitrogens with zero attached hydrogens (tertiary/aromatic N) is 1. The zero-order valence-corrected chi connectivity index (χ0v) is 6.79. The topological polar surface area (TPSA) is 87.5 Å². The summed E-state index contributed by atoms with van der Waals surface area (Å²) < 4.78 is 0. The molecule has 6 N–H and O–H groups in total. The van der Waals surface area contributed by atoms with Crippen molar-refractivity contribution >= 4 is 0 Å². The molecule has 0 aliphatic carbocycles. The minimum Gasteiger partial charge on any atom is -0.329 e. The van der Waals surface area contributed by atoms with Crippen molar-refractivity contribution in [3.05, 3.63) is 0 Å². The lowest BCUT2D eigenvalue weighted by atomic mass is 10.4. The lowest BCUT2D eigenvalue weighted by Gasteiger charge is -2.19. The maximum absolute atomic E-state index is 8.31. The third-order valence-corrected chi connectivity index (χ3v) is 1.43. The zero-order valence-electron chi connectivity index (χ0n) is 6.79. The van der Waals surface area contributed by atoms with Gasteiger partial charge in [-0.05, 0) is 0 Å². The van der Waals surface area contributed by atoms with E-state index in [1.807, 2.05) is 0 Å². The largest absolute Gasteiger partial charge is 0.329 e. The second-order valence-electron chi connectivity index (χ2n) is 2.33. The lowest BCUT2D eigenvalue weighted by Crippen LogP contribution is -2.38. The van der Waals surface area contributed by atoms with Crippen LogP contribution in [-0.4, -0.2) is 49.4 Å². The molecular weight excluding hydrogens is 144 g/mol. The normalized spacial score (nSPS) is 10.9. The van der Waals surface area contributed by atoms with Gasteiger partial charge in [0.1, 0.15) is 0 Å². The van der Waals surface area contributed by atoms with E-state index in [-0.39, 0.29) is 0 Å². The van der Waals surface area contributed by atoms with Gasteiger partial charge in [0.15, 0.2) is 0 Å². The Bertz CT molecular complexity index is 75.0. The fourth-order valence-corrected chi connectivity index (χ4v) is 0.909. The smallest absolute Gasteiger partial charge is 0.0335 e. The van der Waals surface area contributed by atoms with Gasteiger partial charge in [0.25, 0.3) is 0 Å². The van der Waals surface area contributed by atoms with Crippen molar-refractivity contribution in [1.82, 2.24) is 10.4 Å². The van der Waals surface area contributed by atoms with Crippen LogP contribution in [0, 0.1) is 0 Å². The summed E-state index contributed by atoms with van der Waals surface area (Å²) >= 11 is 0. The molecule has 0 saturated heterocycles. The molecule has 0 radical (unpaired) electrons. The Kier molecular flexibility index (Phi) is 7.76. The van der Waals surface area contributed by atoms with Crippen molar-refractivity contribution in [3.8, 4) is 0 Å². The van der Waals surface area contributed by atoms with Gasteiger partial charge in [-0.2, -0.15) is 0 Å². The van der Waals surface area contributed by atoms with E-state index in [1.165, 1.54) is 0 Å². The molecule has 0 aliphatic rings. The molecule has 0 aromatic carbocycles. The number of rotatable bonds is 7. The number of nitrogens with one attached hydrogen (secondary N) is 1. The van der Waals surface area contributed by atoms with Gasteiger partial charge in [-0.1, -0.05) is 0 Å². The second-order valence-corrected chi connectivity index (χ2v) is 2.33. The van der Waals surface area contributed by atoms with E-state index in [9.17, 15) is 0 Å². The Hall–Kier alpha value is -0.200. The van der Waals surface area contributed by atoms with E-state index in [2.05, 4.69) is 10.4 Å². The maximum atomic E-state index is 8.31. The number of hydrogen-bond acceptors (Lipinski definition) is 5. The summed E-state index contributed by atoms with van der Waals surface area (Å²) in [6.45, 7) is 4.26. The lowest BCUT2D eigenvalue weighted by molar-refractivity contribution is 0.148. The molecule has 5 nitrogen and oxygen atoms in total. The van der Waals surface area contributed by atoms with E-state index in [1.54, 1.807) is 0 Å². The van der Waals surface area contributed by atoms with E-state index >= 15 is 0 Å². The van der Waals surface area contributed by atoms with Gasteiger partial charge in [0, 0.05) is 39.3 Å². The fourth-order valence-electron chi connectivity index (χ4n) is 0.909. The minimum absolute atomic E-state index is 0.556. The van der Waals surface area contributed by atoms with Crippen molar-refractivity contribution in [1.29, 1.82) is 0 Å².